The van der Waals surface area contributed by atoms with E-state index >= 15 is 0 Å². The van der Waals surface area contributed by atoms with Gasteiger partial charge in [0, 0.05) is 13.6 Å². The molecule has 2 aromatic carbocycles. The predicted octanol–water partition coefficient (Wildman–Crippen LogP) is 3.71. The highest BCUT2D eigenvalue weighted by Gasteiger charge is 2.28. The summed E-state index contributed by atoms with van der Waals surface area (Å²) in [5.41, 5.74) is 5.44. The maximum Gasteiger partial charge on any atom is 0.242 e. The minimum atomic E-state index is -0.478. The lowest BCUT2D eigenvalue weighted by atomic mass is 10.0. The van der Waals surface area contributed by atoms with Crippen LogP contribution in [0.4, 0.5) is 0 Å². The Morgan fingerprint density at radius 1 is 0.963 bits per heavy atom. The highest BCUT2D eigenvalue weighted by atomic mass is 16.2. The molecule has 27 heavy (non-hydrogen) atoms. The van der Waals surface area contributed by atoms with E-state index in [-0.39, 0.29) is 11.8 Å². The first-order chi connectivity index (χ1) is 12.8. The van der Waals surface area contributed by atoms with Crippen LogP contribution in [-0.4, -0.2) is 29.8 Å². The summed E-state index contributed by atoms with van der Waals surface area (Å²) in [5.74, 6) is -0.157. The van der Waals surface area contributed by atoms with Crippen molar-refractivity contribution in [2.75, 3.05) is 7.05 Å². The summed E-state index contributed by atoms with van der Waals surface area (Å²) in [4.78, 5) is 27.3. The SMILES string of the molecule is CCC(C(=O)NC)N(Cc1cccc(C)c1)C(=O)Cc1cc(C)cc(C)c1. The number of hydrogen-bond donors (Lipinski definition) is 1. The fourth-order valence-electron chi connectivity index (χ4n) is 3.54. The Balaban J connectivity index is 2.31. The van der Waals surface area contributed by atoms with Crippen molar-refractivity contribution in [3.8, 4) is 0 Å². The highest BCUT2D eigenvalue weighted by molar-refractivity contribution is 5.88. The molecule has 1 atom stereocenters. The molecule has 144 valence electrons. The van der Waals surface area contributed by atoms with Crippen molar-refractivity contribution in [2.45, 2.75) is 53.1 Å². The summed E-state index contributed by atoms with van der Waals surface area (Å²) in [6.07, 6.45) is 0.867. The lowest BCUT2D eigenvalue weighted by Gasteiger charge is -2.30. The first-order valence-electron chi connectivity index (χ1n) is 9.47. The molecule has 0 aliphatic carbocycles. The Morgan fingerprint density at radius 2 is 1.59 bits per heavy atom. The molecule has 0 fully saturated rings. The fraction of sp³-hybridized carbons (Fsp3) is 0.391. The average Bonchev–Trinajstić information content (AvgIpc) is 2.60. The number of nitrogens with one attached hydrogen (secondary N) is 1. The van der Waals surface area contributed by atoms with Crippen LogP contribution in [0.3, 0.4) is 0 Å². The minimum absolute atomic E-state index is 0.0306. The van der Waals surface area contributed by atoms with E-state index in [1.54, 1.807) is 11.9 Å². The molecule has 1 unspecified atom stereocenters. The van der Waals surface area contributed by atoms with E-state index in [1.807, 2.05) is 58.0 Å². The van der Waals surface area contributed by atoms with Gasteiger partial charge in [-0.05, 0) is 38.3 Å². The van der Waals surface area contributed by atoms with Crippen LogP contribution in [0.25, 0.3) is 0 Å². The largest absolute Gasteiger partial charge is 0.357 e. The smallest absolute Gasteiger partial charge is 0.242 e. The number of carbonyl (C=O) groups excluding carboxylic acids is 2. The van der Waals surface area contributed by atoms with E-state index in [9.17, 15) is 9.59 Å². The molecule has 4 heteroatoms. The molecule has 0 aromatic heterocycles. The molecule has 4 nitrogen and oxygen atoms in total. The zero-order chi connectivity index (χ0) is 20.0. The second kappa shape index (κ2) is 9.36. The van der Waals surface area contributed by atoms with Gasteiger partial charge in [-0.15, -0.1) is 0 Å². The molecule has 0 aliphatic heterocycles. The number of hydrogen-bond acceptors (Lipinski definition) is 2. The zero-order valence-corrected chi connectivity index (χ0v) is 17.0. The van der Waals surface area contributed by atoms with Gasteiger partial charge in [0.05, 0.1) is 6.42 Å². The Labute approximate surface area is 162 Å². The van der Waals surface area contributed by atoms with Crippen molar-refractivity contribution in [3.05, 3.63) is 70.3 Å². The summed E-state index contributed by atoms with van der Waals surface area (Å²) >= 11 is 0. The van der Waals surface area contributed by atoms with Crippen molar-refractivity contribution < 1.29 is 9.59 Å². The van der Waals surface area contributed by atoms with E-state index in [4.69, 9.17) is 0 Å². The fourth-order valence-corrected chi connectivity index (χ4v) is 3.54. The van der Waals surface area contributed by atoms with Crippen LogP contribution in [0.2, 0.25) is 0 Å². The van der Waals surface area contributed by atoms with Gasteiger partial charge in [-0.25, -0.2) is 0 Å². The summed E-state index contributed by atoms with van der Waals surface area (Å²) in [6.45, 7) is 8.46. The molecular weight excluding hydrogens is 336 g/mol. The topological polar surface area (TPSA) is 49.4 Å². The van der Waals surface area contributed by atoms with Crippen molar-refractivity contribution >= 4 is 11.8 Å². The molecule has 0 saturated carbocycles. The predicted molar refractivity (Wildman–Crippen MR) is 109 cm³/mol. The molecule has 2 rings (SSSR count). The molecule has 2 aromatic rings. The van der Waals surface area contributed by atoms with Gasteiger partial charge in [-0.1, -0.05) is 66.1 Å². The first kappa shape index (κ1) is 20.7. The van der Waals surface area contributed by atoms with Gasteiger partial charge in [-0.3, -0.25) is 9.59 Å². The van der Waals surface area contributed by atoms with Gasteiger partial charge in [0.1, 0.15) is 6.04 Å². The van der Waals surface area contributed by atoms with Crippen LogP contribution >= 0.6 is 0 Å². The van der Waals surface area contributed by atoms with Crippen molar-refractivity contribution in [1.82, 2.24) is 10.2 Å². The monoisotopic (exact) mass is 366 g/mol. The second-order valence-corrected chi connectivity index (χ2v) is 7.22. The molecular formula is C23H30N2O2. The standard InChI is InChI=1S/C23H30N2O2/c1-6-21(23(27)24-5)25(15-19-9-7-8-16(2)11-19)22(26)14-20-12-17(3)10-18(4)13-20/h7-13,21H,6,14-15H2,1-5H3,(H,24,27). The molecule has 0 spiro atoms. The average molecular weight is 367 g/mol. The maximum atomic E-state index is 13.2. The van der Waals surface area contributed by atoms with E-state index in [2.05, 4.69) is 17.4 Å². The lowest BCUT2D eigenvalue weighted by molar-refractivity contribution is -0.140. The van der Waals surface area contributed by atoms with Crippen molar-refractivity contribution in [2.24, 2.45) is 0 Å². The Morgan fingerprint density at radius 3 is 2.15 bits per heavy atom. The van der Waals surface area contributed by atoms with Gasteiger partial charge < -0.3 is 10.2 Å². The van der Waals surface area contributed by atoms with E-state index < -0.39 is 6.04 Å². The van der Waals surface area contributed by atoms with E-state index in [0.717, 1.165) is 27.8 Å². The summed E-state index contributed by atoms with van der Waals surface area (Å²) < 4.78 is 0. The normalized spacial score (nSPS) is 11.7. The molecule has 2 amide bonds. The number of benzene rings is 2. The number of likely N-dealkylation sites (N-methyl/N-ethyl adjacent to an activating group) is 1. The summed E-state index contributed by atoms with van der Waals surface area (Å²) in [7, 11) is 1.62. The zero-order valence-electron chi connectivity index (χ0n) is 17.0. The van der Waals surface area contributed by atoms with Crippen molar-refractivity contribution in [1.29, 1.82) is 0 Å². The van der Waals surface area contributed by atoms with Crippen LogP contribution in [-0.2, 0) is 22.6 Å². The first-order valence-corrected chi connectivity index (χ1v) is 9.47. The Hall–Kier alpha value is -2.62. The van der Waals surface area contributed by atoms with Gasteiger partial charge in [0.15, 0.2) is 0 Å². The van der Waals surface area contributed by atoms with Crippen LogP contribution in [0, 0.1) is 20.8 Å². The number of nitrogens with zero attached hydrogens (tertiary/aromatic N) is 1. The van der Waals surface area contributed by atoms with Crippen LogP contribution in [0.15, 0.2) is 42.5 Å². The molecule has 1 N–H and O–H groups in total. The van der Waals surface area contributed by atoms with Crippen LogP contribution in [0.1, 0.15) is 41.2 Å². The Bertz CT molecular complexity index is 794. The summed E-state index contributed by atoms with van der Waals surface area (Å²) in [5, 5.41) is 2.70. The van der Waals surface area contributed by atoms with Gasteiger partial charge in [0.25, 0.3) is 0 Å². The quantitative estimate of drug-likeness (QED) is 0.812. The minimum Gasteiger partial charge on any atom is -0.357 e. The van der Waals surface area contributed by atoms with Crippen LogP contribution < -0.4 is 5.32 Å². The second-order valence-electron chi connectivity index (χ2n) is 7.22. The number of amides is 2. The van der Waals surface area contributed by atoms with E-state index in [1.165, 1.54) is 0 Å². The lowest BCUT2D eigenvalue weighted by Crippen LogP contribution is -2.48. The third-order valence-corrected chi connectivity index (χ3v) is 4.70. The number of aryl methyl sites for hydroxylation is 3. The van der Waals surface area contributed by atoms with Gasteiger partial charge in [0.2, 0.25) is 11.8 Å². The number of rotatable bonds is 7. The van der Waals surface area contributed by atoms with Gasteiger partial charge >= 0.3 is 0 Å². The third kappa shape index (κ3) is 5.68. The highest BCUT2D eigenvalue weighted by Crippen LogP contribution is 2.17. The molecule has 0 radical (unpaired) electrons. The van der Waals surface area contributed by atoms with Crippen molar-refractivity contribution in [3.63, 3.8) is 0 Å². The molecule has 0 bridgehead atoms. The molecule has 0 saturated heterocycles. The molecule has 0 heterocycles. The van der Waals surface area contributed by atoms with E-state index in [0.29, 0.717) is 19.4 Å². The van der Waals surface area contributed by atoms with Crippen LogP contribution in [0.5, 0.6) is 0 Å². The number of carbonyl (C=O) groups is 2. The summed E-state index contributed by atoms with van der Waals surface area (Å²) in [6, 6.07) is 13.8. The third-order valence-electron chi connectivity index (χ3n) is 4.70. The molecule has 0 aliphatic rings. The maximum absolute atomic E-state index is 13.2. The van der Waals surface area contributed by atoms with Gasteiger partial charge in [-0.2, -0.15) is 0 Å². The Kier molecular flexibility index (Phi) is 7.17.